The van der Waals surface area contributed by atoms with E-state index in [0.717, 1.165) is 76.7 Å². The number of hydrogen-bond acceptors (Lipinski definition) is 2. The summed E-state index contributed by atoms with van der Waals surface area (Å²) in [5, 5.41) is 4.82. The normalized spacial score (nSPS) is 29.1. The molecular weight excluding hydrogens is 1590 g/mol. The van der Waals surface area contributed by atoms with Gasteiger partial charge in [0.1, 0.15) is 0 Å². The van der Waals surface area contributed by atoms with Crippen LogP contribution < -0.4 is 9.80 Å². The fraction of sp³-hybridized carbons (Fsp3) is 0.446. The van der Waals surface area contributed by atoms with Crippen LogP contribution in [0.3, 0.4) is 0 Å². The summed E-state index contributed by atoms with van der Waals surface area (Å²) in [6, 6.07) is 103. The number of allylic oxidation sites excluding steroid dienone is 4. The number of hydrogen-bond donors (Lipinski definition) is 0. The van der Waals surface area contributed by atoms with E-state index >= 15 is 0 Å². The van der Waals surface area contributed by atoms with Gasteiger partial charge in [-0.3, -0.25) is 0 Å². The molecule has 0 radical (unpaired) electrons. The van der Waals surface area contributed by atoms with Crippen LogP contribution >= 0.6 is 0 Å². The molecule has 0 aromatic heterocycles. The molecule has 0 heterocycles. The molecular formula is C130H144N2. The molecule has 2 nitrogen and oxygen atoms in total. The number of rotatable bonds is 18. The van der Waals surface area contributed by atoms with Crippen molar-refractivity contribution in [1.29, 1.82) is 0 Å². The lowest BCUT2D eigenvalue weighted by molar-refractivity contribution is -0.00531. The van der Waals surface area contributed by atoms with Crippen LogP contribution in [-0.4, -0.2) is 0 Å². The highest BCUT2D eigenvalue weighted by molar-refractivity contribution is 6.24. The topological polar surface area (TPSA) is 6.48 Å². The van der Waals surface area contributed by atoms with Gasteiger partial charge < -0.3 is 9.80 Å². The van der Waals surface area contributed by atoms with Gasteiger partial charge in [0.15, 0.2) is 0 Å². The van der Waals surface area contributed by atoms with Gasteiger partial charge in [-0.05, 0) is 442 Å². The van der Waals surface area contributed by atoms with Gasteiger partial charge in [-0.25, -0.2) is 0 Å². The van der Waals surface area contributed by atoms with Crippen molar-refractivity contribution >= 4 is 55.6 Å². The zero-order chi connectivity index (χ0) is 89.9. The molecule has 674 valence electrons. The Morgan fingerprint density at radius 3 is 0.894 bits per heavy atom. The summed E-state index contributed by atoms with van der Waals surface area (Å²) in [6.45, 7) is 31.6. The molecule has 0 atom stereocenters. The molecule has 16 bridgehead atoms. The van der Waals surface area contributed by atoms with Gasteiger partial charge in [0.2, 0.25) is 0 Å². The van der Waals surface area contributed by atoms with Crippen molar-refractivity contribution in [2.75, 3.05) is 9.80 Å². The molecule has 0 saturated heterocycles. The summed E-state index contributed by atoms with van der Waals surface area (Å²) < 4.78 is 0. The highest BCUT2D eigenvalue weighted by Crippen LogP contribution is 2.67. The van der Waals surface area contributed by atoms with E-state index in [1.807, 2.05) is 0 Å². The van der Waals surface area contributed by atoms with Crippen LogP contribution in [0.4, 0.5) is 28.4 Å². The third-order valence-electron chi connectivity index (χ3n) is 37.2. The van der Waals surface area contributed by atoms with E-state index in [4.69, 9.17) is 0 Å². The van der Waals surface area contributed by atoms with Crippen LogP contribution in [0, 0.1) is 71.0 Å². The molecule has 16 fully saturated rings. The van der Waals surface area contributed by atoms with E-state index in [1.165, 1.54) is 288 Å². The second-order valence-electron chi connectivity index (χ2n) is 50.7. The summed E-state index contributed by atoms with van der Waals surface area (Å²) in [4.78, 5) is 5.67. The highest BCUT2D eigenvalue weighted by Gasteiger charge is 2.56. The summed E-state index contributed by atoms with van der Waals surface area (Å²) in [6.07, 6.45) is 39.4. The smallest absolute Gasteiger partial charge is 0.0620 e. The van der Waals surface area contributed by atoms with E-state index in [1.54, 1.807) is 22.3 Å². The maximum atomic E-state index is 2.86. The molecule has 0 spiro atoms. The molecule has 16 aliphatic carbocycles. The van der Waals surface area contributed by atoms with Crippen LogP contribution in [0.25, 0.3) is 71.6 Å². The van der Waals surface area contributed by atoms with Gasteiger partial charge in [0, 0.05) is 50.7 Å². The first-order valence-electron chi connectivity index (χ1n) is 52.5. The summed E-state index contributed by atoms with van der Waals surface area (Å²) in [5.41, 5.74) is 32.9. The molecule has 2 heteroatoms. The van der Waals surface area contributed by atoms with Crippen molar-refractivity contribution in [2.45, 2.75) is 294 Å². The maximum absolute atomic E-state index is 2.86. The molecule has 0 unspecified atom stereocenters. The Morgan fingerprint density at radius 2 is 0.561 bits per heavy atom. The minimum absolute atomic E-state index is 0.195. The zero-order valence-corrected chi connectivity index (χ0v) is 81.8. The molecule has 0 N–H and O–H groups in total. The minimum atomic E-state index is -0.196. The zero-order valence-electron chi connectivity index (χ0n) is 81.8. The molecule has 16 aliphatic rings. The van der Waals surface area contributed by atoms with E-state index in [-0.39, 0.29) is 37.9 Å². The Labute approximate surface area is 791 Å². The van der Waals surface area contributed by atoms with Crippen LogP contribution in [0.15, 0.2) is 267 Å². The second-order valence-corrected chi connectivity index (χ2v) is 50.7. The number of anilines is 5. The Morgan fingerprint density at radius 1 is 0.273 bits per heavy atom. The first-order valence-corrected chi connectivity index (χ1v) is 52.5. The molecule has 132 heavy (non-hydrogen) atoms. The number of nitrogens with zero attached hydrogens (tertiary/aromatic N) is 2. The Balaban J connectivity index is 0.787. The predicted molar refractivity (Wildman–Crippen MR) is 559 cm³/mol. The van der Waals surface area contributed by atoms with Crippen molar-refractivity contribution in [1.82, 2.24) is 0 Å². The van der Waals surface area contributed by atoms with E-state index < -0.39 is 0 Å². The van der Waals surface area contributed by atoms with Gasteiger partial charge in [-0.2, -0.15) is 0 Å². The Kier molecular flexibility index (Phi) is 20.4. The quantitative estimate of drug-likeness (QED) is 0.0480. The van der Waals surface area contributed by atoms with Crippen LogP contribution in [0.1, 0.15) is 300 Å². The second kappa shape index (κ2) is 31.7. The molecule has 16 saturated carbocycles. The molecule has 12 aromatic rings. The highest BCUT2D eigenvalue weighted by atomic mass is 15.2. The van der Waals surface area contributed by atoms with Crippen LogP contribution in [-0.2, 0) is 49.7 Å². The van der Waals surface area contributed by atoms with Gasteiger partial charge in [0.05, 0.1) is 11.4 Å². The first-order chi connectivity index (χ1) is 63.4. The summed E-state index contributed by atoms with van der Waals surface area (Å²) in [7, 11) is 0. The van der Waals surface area contributed by atoms with Gasteiger partial charge in [-0.15, -0.1) is 0 Å². The third-order valence-corrected chi connectivity index (χ3v) is 37.2. The fourth-order valence-electron chi connectivity index (χ4n) is 32.2. The third kappa shape index (κ3) is 15.3. The summed E-state index contributed by atoms with van der Waals surface area (Å²) >= 11 is 0. The molecule has 12 aromatic carbocycles. The van der Waals surface area contributed by atoms with Crippen molar-refractivity contribution < 1.29 is 0 Å². The Bertz CT molecular complexity index is 6200. The molecule has 28 rings (SSSR count). The van der Waals surface area contributed by atoms with E-state index in [0.29, 0.717) is 11.8 Å². The Hall–Kier alpha value is -9.76. The molecule has 0 aliphatic heterocycles. The molecule has 0 amide bonds. The largest absolute Gasteiger partial charge is 0.313 e. The van der Waals surface area contributed by atoms with E-state index in [9.17, 15) is 0 Å². The van der Waals surface area contributed by atoms with Gasteiger partial charge >= 0.3 is 0 Å². The average molecular weight is 1730 g/mol. The van der Waals surface area contributed by atoms with Crippen molar-refractivity contribution in [3.8, 4) is 44.5 Å². The van der Waals surface area contributed by atoms with Crippen LogP contribution in [0.2, 0.25) is 0 Å². The first kappa shape index (κ1) is 85.2. The average Bonchev–Trinajstić information content (AvgIpc) is 0.686. The van der Waals surface area contributed by atoms with Crippen molar-refractivity contribution in [3.63, 3.8) is 0 Å². The van der Waals surface area contributed by atoms with Crippen molar-refractivity contribution in [2.24, 2.45) is 71.0 Å². The lowest BCUT2D eigenvalue weighted by Crippen LogP contribution is -2.48. The minimum Gasteiger partial charge on any atom is -0.313 e. The van der Waals surface area contributed by atoms with Gasteiger partial charge in [-0.1, -0.05) is 283 Å². The predicted octanol–water partition coefficient (Wildman–Crippen LogP) is 35.6. The maximum Gasteiger partial charge on any atom is 0.0620 e. The fourth-order valence-corrected chi connectivity index (χ4v) is 32.2. The number of fused-ring (bicyclic) bond motifs is 2. The monoisotopic (exact) mass is 1730 g/mol. The number of benzene rings is 12. The van der Waals surface area contributed by atoms with Crippen LogP contribution in [0.5, 0.6) is 0 Å². The van der Waals surface area contributed by atoms with E-state index in [2.05, 4.69) is 361 Å². The van der Waals surface area contributed by atoms with Gasteiger partial charge in [0.25, 0.3) is 0 Å². The van der Waals surface area contributed by atoms with Crippen molar-refractivity contribution in [3.05, 3.63) is 322 Å². The lowest BCUT2D eigenvalue weighted by Gasteiger charge is -2.57. The lowest BCUT2D eigenvalue weighted by atomic mass is 9.48. The summed E-state index contributed by atoms with van der Waals surface area (Å²) in [5.74, 6) is 10.5. The SMILES string of the molecule is C/C=C(\C=C(/Cc1ccc(C23CC4CC(CC(C4)C2)C3)cc1)N(c1cc(C(C)(C)C)cc(C(C)(C)C)c1)c1c2cc(-c3ccccc3)ccc2c(N(c2cc(-c3ccc(C45CC6CC(CC(C6)C4)C5)cc3)cc(-c3ccc(C45CC6CC(CC(C6)C4)C5)cc3)c2)c2cc(C(C)(C)C)cc(C(C)(C)C)c2)c2cc(-c3ccccc3)ccc12)c1ccc(C23CC4CC(CC(C4)C2)C3)cc1. The standard InChI is InChI=1S/C130H144N2/c1-14-95(98-27-37-106(38-28-98)128-73-86-48-87(74-128)50-88(49-86)75-128)59-113(57-82-25-35-105(36-26-82)127-70-83-45-84(71-127)47-85(46-83)72-127)131(115-66-109(123(2,3)4)64-110(67-115)124(5,6)7)121-117-43-33-102(97-23-19-16-20-24-97)63-120(117)122(118-44-34-101(62-119(118)121)96-21-17-15-18-22-96)132(116-68-111(125(8,9)10)65-112(69-116)126(11,12)13)114-60-103(99-29-39-107(40-30-99)129-76-89-51-90(77-129)53-91(52-89)78-129)58-104(61-114)100-31-41-108(42-32-100)130-79-92-54-93(80-130)56-94(55-92)81-130/h14-44,58-69,83-94H,45-57,70-81H2,1-13H3/b95-14+,113-59+.